The lowest BCUT2D eigenvalue weighted by Gasteiger charge is -2.44. The minimum Gasteiger partial charge on any atom is -0.452 e. The fourth-order valence-electron chi connectivity index (χ4n) is 5.44. The summed E-state index contributed by atoms with van der Waals surface area (Å²) in [5.41, 5.74) is 3.55. The van der Waals surface area contributed by atoms with Crippen molar-refractivity contribution in [2.24, 2.45) is 11.8 Å². The molecule has 5 nitrogen and oxygen atoms in total. The Kier molecular flexibility index (Phi) is 5.83. The first-order valence-electron chi connectivity index (χ1n) is 11.8. The third kappa shape index (κ3) is 4.09. The van der Waals surface area contributed by atoms with Crippen LogP contribution in [-0.2, 0) is 11.2 Å². The number of Topliss-reactive ketones (excluding diaryl/α,β-unsaturated/α-hetero) is 1. The molecule has 1 aromatic heterocycles. The number of carbonyl (C=O) groups is 2. The number of ketones is 1. The van der Waals surface area contributed by atoms with Crippen LogP contribution in [0.2, 0.25) is 0 Å². The zero-order chi connectivity index (χ0) is 22.1. The smallest absolute Gasteiger partial charge is 0.224 e. The Hall–Kier alpha value is -2.92. The molecule has 3 aliphatic rings. The summed E-state index contributed by atoms with van der Waals surface area (Å²) in [6.45, 7) is 5.93. The average molecular weight is 431 g/mol. The molecule has 3 aliphatic heterocycles. The highest BCUT2D eigenvalue weighted by atomic mass is 16.3. The summed E-state index contributed by atoms with van der Waals surface area (Å²) < 4.78 is 6.18. The summed E-state index contributed by atoms with van der Waals surface area (Å²) in [6, 6.07) is 15.8. The molecule has 0 saturated carbocycles. The largest absolute Gasteiger partial charge is 0.452 e. The summed E-state index contributed by atoms with van der Waals surface area (Å²) in [4.78, 5) is 27.8. The van der Waals surface area contributed by atoms with Crippen LogP contribution >= 0.6 is 0 Å². The van der Waals surface area contributed by atoms with Gasteiger partial charge in [-0.25, -0.2) is 0 Å². The van der Waals surface area contributed by atoms with Crippen LogP contribution in [0.4, 0.5) is 0 Å². The summed E-state index contributed by atoms with van der Waals surface area (Å²) in [7, 11) is 0. The maximum atomic E-state index is 13.1. The minimum atomic E-state index is -0.0000400. The molecule has 3 fully saturated rings. The quantitative estimate of drug-likeness (QED) is 0.552. The second kappa shape index (κ2) is 8.91. The van der Waals surface area contributed by atoms with Crippen LogP contribution in [0.3, 0.4) is 0 Å². The SMILES string of the molecule is CCNC(=O)Cc1ccccc1-c1cccc2cc(C(=O)C[C@H]3CN4CCC3CC4)oc12. The summed E-state index contributed by atoms with van der Waals surface area (Å²) in [5.74, 6) is 1.66. The maximum absolute atomic E-state index is 13.1. The summed E-state index contributed by atoms with van der Waals surface area (Å²) in [6.07, 6.45) is 3.30. The van der Waals surface area contributed by atoms with Gasteiger partial charge in [0, 0.05) is 30.5 Å². The number of nitrogens with one attached hydrogen (secondary N) is 1. The minimum absolute atomic E-state index is 0.0000400. The fourth-order valence-corrected chi connectivity index (χ4v) is 5.44. The second-order valence-corrected chi connectivity index (χ2v) is 9.15. The number of carbonyl (C=O) groups excluding carboxylic acids is 2. The average Bonchev–Trinajstić information content (AvgIpc) is 3.25. The zero-order valence-electron chi connectivity index (χ0n) is 18.6. The molecule has 0 aliphatic carbocycles. The number of furan rings is 1. The van der Waals surface area contributed by atoms with Gasteiger partial charge in [-0.2, -0.15) is 0 Å². The number of hydrogen-bond acceptors (Lipinski definition) is 4. The van der Waals surface area contributed by atoms with Crippen molar-refractivity contribution < 1.29 is 14.0 Å². The lowest BCUT2D eigenvalue weighted by Crippen LogP contribution is -2.47. The van der Waals surface area contributed by atoms with Crippen LogP contribution < -0.4 is 5.32 Å². The van der Waals surface area contributed by atoms with E-state index in [0.717, 1.165) is 28.6 Å². The Morgan fingerprint density at radius 2 is 1.84 bits per heavy atom. The van der Waals surface area contributed by atoms with Crippen molar-refractivity contribution in [2.75, 3.05) is 26.2 Å². The van der Waals surface area contributed by atoms with Gasteiger partial charge in [-0.3, -0.25) is 9.59 Å². The van der Waals surface area contributed by atoms with Crippen molar-refractivity contribution in [3.8, 4) is 11.1 Å². The Morgan fingerprint density at radius 1 is 1.06 bits per heavy atom. The van der Waals surface area contributed by atoms with Gasteiger partial charge in [-0.1, -0.05) is 42.5 Å². The highest BCUT2D eigenvalue weighted by Crippen LogP contribution is 2.37. The topological polar surface area (TPSA) is 62.6 Å². The molecular weight excluding hydrogens is 400 g/mol. The molecule has 3 aromatic rings. The van der Waals surface area contributed by atoms with Crippen molar-refractivity contribution in [3.05, 3.63) is 59.9 Å². The van der Waals surface area contributed by atoms with Gasteiger partial charge in [-0.05, 0) is 61.9 Å². The van der Waals surface area contributed by atoms with Gasteiger partial charge in [0.25, 0.3) is 0 Å². The highest BCUT2D eigenvalue weighted by Gasteiger charge is 2.35. The van der Waals surface area contributed by atoms with Gasteiger partial charge in [0.15, 0.2) is 11.5 Å². The van der Waals surface area contributed by atoms with Gasteiger partial charge in [0.05, 0.1) is 6.42 Å². The van der Waals surface area contributed by atoms with Crippen LogP contribution in [0.25, 0.3) is 22.1 Å². The van der Waals surface area contributed by atoms with Gasteiger partial charge in [0.2, 0.25) is 5.91 Å². The van der Waals surface area contributed by atoms with Gasteiger partial charge in [0.1, 0.15) is 5.58 Å². The predicted octanol–water partition coefficient (Wildman–Crippen LogP) is 4.69. The van der Waals surface area contributed by atoms with Gasteiger partial charge in [-0.15, -0.1) is 0 Å². The van der Waals surface area contributed by atoms with E-state index in [4.69, 9.17) is 4.42 Å². The first-order chi connectivity index (χ1) is 15.6. The second-order valence-electron chi connectivity index (χ2n) is 9.15. The van der Waals surface area contributed by atoms with Crippen LogP contribution in [0, 0.1) is 11.8 Å². The molecular formula is C27H30N2O3. The normalized spacial score (nSPS) is 22.2. The molecule has 3 saturated heterocycles. The monoisotopic (exact) mass is 430 g/mol. The van der Waals surface area contributed by atoms with E-state index in [1.807, 2.05) is 55.5 Å². The Labute approximate surface area is 188 Å². The van der Waals surface area contributed by atoms with E-state index < -0.39 is 0 Å². The Morgan fingerprint density at radius 3 is 2.59 bits per heavy atom. The summed E-state index contributed by atoms with van der Waals surface area (Å²) >= 11 is 0. The van der Waals surface area contributed by atoms with E-state index in [2.05, 4.69) is 10.2 Å². The van der Waals surface area contributed by atoms with Crippen molar-refractivity contribution in [3.63, 3.8) is 0 Å². The van der Waals surface area contributed by atoms with Crippen LogP contribution in [0.1, 0.15) is 42.3 Å². The third-order valence-electron chi connectivity index (χ3n) is 7.09. The van der Waals surface area contributed by atoms with Crippen LogP contribution in [0.5, 0.6) is 0 Å². The first-order valence-corrected chi connectivity index (χ1v) is 11.8. The molecule has 0 spiro atoms. The molecule has 5 heteroatoms. The Bertz CT molecular complexity index is 1140. The molecule has 166 valence electrons. The molecule has 32 heavy (non-hydrogen) atoms. The first kappa shape index (κ1) is 21.0. The maximum Gasteiger partial charge on any atom is 0.224 e. The van der Waals surface area contributed by atoms with Gasteiger partial charge >= 0.3 is 0 Å². The lowest BCUT2D eigenvalue weighted by atomic mass is 9.76. The number of likely N-dealkylation sites (N-methyl/N-ethyl adjacent to an activating group) is 1. The number of fused-ring (bicyclic) bond motifs is 4. The number of amides is 1. The van der Waals surface area contributed by atoms with Crippen LogP contribution in [-0.4, -0.2) is 42.8 Å². The standard InChI is InChI=1S/C27H30N2O3/c1-2-28-26(31)16-19-6-3-4-8-22(19)23-9-5-7-20-15-25(32-27(20)23)24(30)14-21-17-29-12-10-18(21)11-13-29/h3-9,15,18,21H,2,10-14,16-17H2,1H3,(H,28,31)/t21-/m0/s1. The van der Waals surface area contributed by atoms with E-state index in [1.54, 1.807) is 0 Å². The van der Waals surface area contributed by atoms with E-state index in [-0.39, 0.29) is 11.7 Å². The molecule has 1 atom stereocenters. The Balaban J connectivity index is 1.43. The zero-order valence-corrected chi connectivity index (χ0v) is 18.6. The fraction of sp³-hybridized carbons (Fsp3) is 0.407. The van der Waals surface area contributed by atoms with Crippen molar-refractivity contribution in [2.45, 2.75) is 32.6 Å². The number of piperidine rings is 3. The van der Waals surface area contributed by atoms with E-state index in [1.165, 1.54) is 25.9 Å². The highest BCUT2D eigenvalue weighted by molar-refractivity contribution is 6.01. The van der Waals surface area contributed by atoms with Crippen LogP contribution in [0.15, 0.2) is 52.9 Å². The number of para-hydroxylation sites is 1. The number of benzene rings is 2. The van der Waals surface area contributed by atoms with Crippen molar-refractivity contribution >= 4 is 22.7 Å². The number of rotatable bonds is 7. The summed E-state index contributed by atoms with van der Waals surface area (Å²) in [5, 5.41) is 3.79. The van der Waals surface area contributed by atoms with Gasteiger partial charge < -0.3 is 14.6 Å². The van der Waals surface area contributed by atoms with E-state index >= 15 is 0 Å². The molecule has 0 radical (unpaired) electrons. The number of nitrogens with zero attached hydrogens (tertiary/aromatic N) is 1. The van der Waals surface area contributed by atoms with E-state index in [9.17, 15) is 9.59 Å². The molecule has 2 bridgehead atoms. The molecule has 6 rings (SSSR count). The van der Waals surface area contributed by atoms with Crippen molar-refractivity contribution in [1.29, 1.82) is 0 Å². The third-order valence-corrected chi connectivity index (χ3v) is 7.09. The predicted molar refractivity (Wildman–Crippen MR) is 126 cm³/mol. The molecule has 1 amide bonds. The lowest BCUT2D eigenvalue weighted by molar-refractivity contribution is -0.120. The molecule has 2 aromatic carbocycles. The molecule has 4 heterocycles. The van der Waals surface area contributed by atoms with Crippen molar-refractivity contribution in [1.82, 2.24) is 10.2 Å². The molecule has 0 unspecified atom stereocenters. The van der Waals surface area contributed by atoms with E-state index in [0.29, 0.717) is 42.6 Å². The number of hydrogen-bond donors (Lipinski definition) is 1. The molecule has 1 N–H and O–H groups in total.